The third-order valence-corrected chi connectivity index (χ3v) is 8.01. The van der Waals surface area contributed by atoms with Gasteiger partial charge in [-0.1, -0.05) is 12.1 Å². The van der Waals surface area contributed by atoms with Crippen LogP contribution in [0.3, 0.4) is 0 Å². The topological polar surface area (TPSA) is 115 Å². The van der Waals surface area contributed by atoms with Gasteiger partial charge >= 0.3 is 6.18 Å². The lowest BCUT2D eigenvalue weighted by Gasteiger charge is -2.36. The van der Waals surface area contributed by atoms with Crippen LogP contribution in [0.15, 0.2) is 42.6 Å². The second-order valence-corrected chi connectivity index (χ2v) is 11.8. The van der Waals surface area contributed by atoms with E-state index in [2.05, 4.69) is 30.8 Å². The van der Waals surface area contributed by atoms with Crippen LogP contribution in [0.25, 0.3) is 0 Å². The van der Waals surface area contributed by atoms with E-state index < -0.39 is 23.0 Å². The Hall–Kier alpha value is -4.59. The van der Waals surface area contributed by atoms with Crippen LogP contribution in [0, 0.1) is 0 Å². The Kier molecular flexibility index (Phi) is 8.79. The molecule has 1 aromatic heterocycles. The van der Waals surface area contributed by atoms with Crippen molar-refractivity contribution in [1.82, 2.24) is 19.8 Å². The normalized spacial score (nSPS) is 16.0. The largest absolute Gasteiger partial charge is 0.494 e. The zero-order valence-corrected chi connectivity index (χ0v) is 25.9. The molecule has 2 aliphatic heterocycles. The average Bonchev–Trinajstić information content (AvgIpc) is 3.23. The number of carbonyl (C=O) groups excluding carboxylic acids is 2. The molecule has 11 nitrogen and oxygen atoms in total. The van der Waals surface area contributed by atoms with E-state index in [4.69, 9.17) is 4.74 Å². The lowest BCUT2D eigenvalue weighted by molar-refractivity contribution is -0.137. The number of nitrogens with one attached hydrogen (secondary N) is 3. The monoisotopic (exact) mass is 626 g/mol. The summed E-state index contributed by atoms with van der Waals surface area (Å²) in [5.74, 6) is -0.0848. The molecular weight excluding hydrogens is 589 g/mol. The van der Waals surface area contributed by atoms with Gasteiger partial charge in [-0.15, -0.1) is 0 Å². The summed E-state index contributed by atoms with van der Waals surface area (Å²) >= 11 is 0. The Balaban J connectivity index is 1.33. The molecule has 14 heteroatoms. The van der Waals surface area contributed by atoms with E-state index in [1.165, 1.54) is 7.11 Å². The molecule has 45 heavy (non-hydrogen) atoms. The number of ether oxygens (including phenoxy) is 1. The number of likely N-dealkylation sites (N-methyl/N-ethyl adjacent to an activating group) is 1. The van der Waals surface area contributed by atoms with Crippen LogP contribution in [0.4, 0.5) is 42.0 Å². The van der Waals surface area contributed by atoms with Crippen molar-refractivity contribution in [1.29, 1.82) is 0 Å². The highest BCUT2D eigenvalue weighted by atomic mass is 19.4. The van der Waals surface area contributed by atoms with E-state index in [-0.39, 0.29) is 24.3 Å². The Bertz CT molecular complexity index is 1590. The quantitative estimate of drug-likeness (QED) is 0.320. The lowest BCUT2D eigenvalue weighted by Crippen LogP contribution is -2.50. The summed E-state index contributed by atoms with van der Waals surface area (Å²) in [5, 5.41) is 8.65. The fourth-order valence-electron chi connectivity index (χ4n) is 5.63. The summed E-state index contributed by atoms with van der Waals surface area (Å²) in [6, 6.07) is 10.7. The van der Waals surface area contributed by atoms with Gasteiger partial charge in [0.2, 0.25) is 17.8 Å². The number of carbonyl (C=O) groups is 2. The van der Waals surface area contributed by atoms with Gasteiger partial charge in [-0.25, -0.2) is 4.98 Å². The molecule has 2 aliphatic rings. The summed E-state index contributed by atoms with van der Waals surface area (Å²) < 4.78 is 47.4. The number of aromatic nitrogens is 2. The van der Waals surface area contributed by atoms with Crippen molar-refractivity contribution in [2.45, 2.75) is 32.0 Å². The number of hydrogen-bond donors (Lipinski definition) is 3. The number of amides is 2. The molecule has 2 amide bonds. The molecule has 3 aromatic rings. The van der Waals surface area contributed by atoms with Gasteiger partial charge in [0.25, 0.3) is 0 Å². The fraction of sp³-hybridized carbons (Fsp3) is 0.419. The molecule has 1 fully saturated rings. The van der Waals surface area contributed by atoms with Crippen molar-refractivity contribution in [3.05, 3.63) is 59.3 Å². The van der Waals surface area contributed by atoms with Crippen molar-refractivity contribution in [2.75, 3.05) is 74.8 Å². The van der Waals surface area contributed by atoms with Crippen molar-refractivity contribution < 1.29 is 27.5 Å². The number of methoxy groups -OCH3 is 1. The zero-order chi connectivity index (χ0) is 32.5. The smallest absolute Gasteiger partial charge is 0.421 e. The number of alkyl halides is 3. The van der Waals surface area contributed by atoms with Gasteiger partial charge < -0.3 is 35.4 Å². The predicted molar refractivity (Wildman–Crippen MR) is 166 cm³/mol. The summed E-state index contributed by atoms with van der Waals surface area (Å²) in [7, 11) is 5.23. The lowest BCUT2D eigenvalue weighted by atomic mass is 9.83. The van der Waals surface area contributed by atoms with Gasteiger partial charge in [0.1, 0.15) is 17.1 Å². The van der Waals surface area contributed by atoms with E-state index in [1.807, 2.05) is 36.0 Å². The maximum Gasteiger partial charge on any atom is 0.421 e. The Labute approximate surface area is 259 Å². The molecule has 0 spiro atoms. The Morgan fingerprint density at radius 2 is 1.87 bits per heavy atom. The summed E-state index contributed by atoms with van der Waals surface area (Å²) in [5.41, 5.74) is 1.56. The van der Waals surface area contributed by atoms with E-state index in [9.17, 15) is 22.8 Å². The maximum atomic E-state index is 13.9. The summed E-state index contributed by atoms with van der Waals surface area (Å²) in [6.45, 7) is 6.42. The van der Waals surface area contributed by atoms with Crippen LogP contribution in [0.5, 0.6) is 5.75 Å². The minimum atomic E-state index is -4.70. The van der Waals surface area contributed by atoms with Gasteiger partial charge in [0.15, 0.2) is 0 Å². The van der Waals surface area contributed by atoms with Gasteiger partial charge in [0.05, 0.1) is 24.8 Å². The first-order chi connectivity index (χ1) is 21.3. The van der Waals surface area contributed by atoms with E-state index >= 15 is 0 Å². The minimum Gasteiger partial charge on any atom is -0.494 e. The Morgan fingerprint density at radius 1 is 1.13 bits per heavy atom. The van der Waals surface area contributed by atoms with Crippen molar-refractivity contribution in [3.8, 4) is 5.75 Å². The van der Waals surface area contributed by atoms with Crippen LogP contribution in [-0.2, 0) is 27.7 Å². The highest BCUT2D eigenvalue weighted by molar-refractivity contribution is 6.06. The molecule has 3 heterocycles. The van der Waals surface area contributed by atoms with Crippen LogP contribution >= 0.6 is 0 Å². The molecule has 240 valence electrons. The molecule has 0 unspecified atom stereocenters. The van der Waals surface area contributed by atoms with E-state index in [0.717, 1.165) is 17.4 Å². The molecule has 0 saturated carbocycles. The minimum absolute atomic E-state index is 0.00706. The zero-order valence-electron chi connectivity index (χ0n) is 25.9. The molecule has 5 rings (SSSR count). The van der Waals surface area contributed by atoms with E-state index in [1.54, 1.807) is 38.1 Å². The highest BCUT2D eigenvalue weighted by Crippen LogP contribution is 2.41. The average molecular weight is 627 g/mol. The second-order valence-electron chi connectivity index (χ2n) is 11.8. The number of halogens is 3. The fourth-order valence-corrected chi connectivity index (χ4v) is 5.63. The predicted octanol–water partition coefficient (Wildman–Crippen LogP) is 4.30. The van der Waals surface area contributed by atoms with Crippen molar-refractivity contribution >= 4 is 40.6 Å². The van der Waals surface area contributed by atoms with E-state index in [0.29, 0.717) is 55.4 Å². The van der Waals surface area contributed by atoms with Crippen molar-refractivity contribution in [3.63, 3.8) is 0 Å². The number of rotatable bonds is 9. The maximum absolute atomic E-state index is 13.9. The number of nitrogens with zero attached hydrogens (tertiary/aromatic N) is 5. The van der Waals surface area contributed by atoms with Gasteiger partial charge in [-0.05, 0) is 57.3 Å². The first kappa shape index (κ1) is 31.8. The Morgan fingerprint density at radius 3 is 2.53 bits per heavy atom. The molecule has 2 aromatic carbocycles. The number of benzene rings is 2. The number of hydrogen-bond acceptors (Lipinski definition) is 9. The molecule has 3 N–H and O–H groups in total. The standard InChI is InChI=1S/C31H37F3N8O3/c1-30(2)26-19(7-6-8-23(26)37-28(30)44)16-35-27-21(31(32,33)34)17-36-29(39-27)38-22-10-9-20(15-24(22)45-5)41-11-13-42(14-12-41)25(43)18-40(3)4/h6-10,15,17H,11-14,16,18H2,1-5H3,(H,37,44)(H2,35,36,38,39). The molecule has 0 radical (unpaired) electrons. The molecule has 0 aliphatic carbocycles. The first-order valence-electron chi connectivity index (χ1n) is 14.5. The molecule has 0 atom stereocenters. The number of fused-ring (bicyclic) bond motifs is 1. The number of piperazine rings is 1. The third-order valence-electron chi connectivity index (χ3n) is 8.01. The summed E-state index contributed by atoms with van der Waals surface area (Å²) in [6.07, 6.45) is -3.96. The summed E-state index contributed by atoms with van der Waals surface area (Å²) in [4.78, 5) is 38.8. The highest BCUT2D eigenvalue weighted by Gasteiger charge is 2.40. The molecule has 1 saturated heterocycles. The van der Waals surface area contributed by atoms with Gasteiger partial charge in [-0.2, -0.15) is 18.2 Å². The second kappa shape index (κ2) is 12.4. The van der Waals surface area contributed by atoms with Crippen LogP contribution < -0.4 is 25.6 Å². The number of anilines is 5. The third kappa shape index (κ3) is 6.75. The first-order valence-corrected chi connectivity index (χ1v) is 14.5. The van der Waals surface area contributed by atoms with Crippen LogP contribution in [-0.4, -0.2) is 85.5 Å². The van der Waals surface area contributed by atoms with Crippen LogP contribution in [0.1, 0.15) is 30.5 Å². The molecule has 0 bridgehead atoms. The van der Waals surface area contributed by atoms with Crippen LogP contribution in [0.2, 0.25) is 0 Å². The van der Waals surface area contributed by atoms with Gasteiger partial charge in [-0.3, -0.25) is 9.59 Å². The van der Waals surface area contributed by atoms with Gasteiger partial charge in [0, 0.05) is 56.4 Å². The van der Waals surface area contributed by atoms with Crippen molar-refractivity contribution in [2.24, 2.45) is 0 Å². The molecular formula is C31H37F3N8O3. The SMILES string of the molecule is COc1cc(N2CCN(C(=O)CN(C)C)CC2)ccc1Nc1ncc(C(F)(F)F)c(NCc2cccc3c2C(C)(C)C(=O)N3)n1.